The Morgan fingerprint density at radius 3 is 2.57 bits per heavy atom. The molecule has 0 amide bonds. The van der Waals surface area contributed by atoms with E-state index in [4.69, 9.17) is 9.61 Å². The normalized spacial score (nSPS) is 11.6. The molecule has 0 bridgehead atoms. The SMILES string of the molecule is c1ccc(-c2nc3ccccc3c3nnc(SCc4ccc5nonc5c4)n23)cc1. The standard InChI is InChI=1S/C22H14N6OS/c1-2-6-15(7-3-1)20-23-17-9-5-4-8-16(17)21-24-25-22(28(20)21)30-13-14-10-11-18-19(12-14)27-29-26-18/h1-12H,13H2. The van der Waals surface area contributed by atoms with Crippen LogP contribution in [0.1, 0.15) is 5.56 Å². The molecule has 7 nitrogen and oxygen atoms in total. The number of thioether (sulfide) groups is 1. The van der Waals surface area contributed by atoms with Crippen LogP contribution in [0.5, 0.6) is 0 Å². The van der Waals surface area contributed by atoms with E-state index in [0.717, 1.165) is 49.7 Å². The highest BCUT2D eigenvalue weighted by atomic mass is 32.2. The maximum Gasteiger partial charge on any atom is 0.197 e. The first kappa shape index (κ1) is 17.1. The molecule has 0 unspecified atom stereocenters. The summed E-state index contributed by atoms with van der Waals surface area (Å²) in [7, 11) is 0. The third kappa shape index (κ3) is 2.81. The van der Waals surface area contributed by atoms with Gasteiger partial charge in [0.15, 0.2) is 10.8 Å². The second-order valence-corrected chi connectivity index (χ2v) is 7.78. The first-order valence-electron chi connectivity index (χ1n) is 9.40. The van der Waals surface area contributed by atoms with E-state index < -0.39 is 0 Å². The van der Waals surface area contributed by atoms with Crippen LogP contribution in [-0.2, 0) is 5.75 Å². The second kappa shape index (κ2) is 6.93. The Bertz CT molecular complexity index is 1510. The van der Waals surface area contributed by atoms with E-state index in [1.165, 1.54) is 0 Å². The summed E-state index contributed by atoms with van der Waals surface area (Å²) in [5, 5.41) is 18.5. The molecule has 3 heterocycles. The molecule has 3 aromatic heterocycles. The average Bonchev–Trinajstić information content (AvgIpc) is 3.44. The van der Waals surface area contributed by atoms with Gasteiger partial charge in [-0.1, -0.05) is 60.3 Å². The number of hydrogen-bond acceptors (Lipinski definition) is 7. The summed E-state index contributed by atoms with van der Waals surface area (Å²) in [6.45, 7) is 0. The fourth-order valence-corrected chi connectivity index (χ4v) is 4.38. The van der Waals surface area contributed by atoms with Crippen molar-refractivity contribution < 1.29 is 4.63 Å². The molecule has 0 aliphatic rings. The van der Waals surface area contributed by atoms with Crippen molar-refractivity contribution in [2.45, 2.75) is 10.9 Å². The number of fused-ring (bicyclic) bond motifs is 4. The van der Waals surface area contributed by atoms with Crippen molar-refractivity contribution >= 4 is 39.3 Å². The molecular weight excluding hydrogens is 396 g/mol. The number of para-hydroxylation sites is 1. The Labute approximate surface area is 174 Å². The molecule has 0 fully saturated rings. The maximum atomic E-state index is 4.93. The lowest BCUT2D eigenvalue weighted by Crippen LogP contribution is -1.99. The molecule has 3 aromatic carbocycles. The quantitative estimate of drug-likeness (QED) is 0.387. The van der Waals surface area contributed by atoms with Crippen molar-refractivity contribution in [2.24, 2.45) is 0 Å². The lowest BCUT2D eigenvalue weighted by Gasteiger charge is -2.09. The molecule has 0 spiro atoms. The smallest absolute Gasteiger partial charge is 0.197 e. The average molecular weight is 410 g/mol. The Balaban J connectivity index is 1.48. The van der Waals surface area contributed by atoms with Gasteiger partial charge in [0, 0.05) is 16.7 Å². The second-order valence-electron chi connectivity index (χ2n) is 6.84. The highest BCUT2D eigenvalue weighted by Crippen LogP contribution is 2.30. The van der Waals surface area contributed by atoms with Gasteiger partial charge in [0.05, 0.1) is 5.52 Å². The largest absolute Gasteiger partial charge is 0.253 e. The third-order valence-electron chi connectivity index (χ3n) is 4.93. The van der Waals surface area contributed by atoms with E-state index >= 15 is 0 Å². The molecule has 0 aliphatic heterocycles. The van der Waals surface area contributed by atoms with Crippen molar-refractivity contribution in [1.82, 2.24) is 29.9 Å². The molecule has 0 aliphatic carbocycles. The van der Waals surface area contributed by atoms with E-state index in [1.54, 1.807) is 11.8 Å². The number of benzene rings is 3. The monoisotopic (exact) mass is 410 g/mol. The molecule has 6 rings (SSSR count). The van der Waals surface area contributed by atoms with Crippen LogP contribution in [0.4, 0.5) is 0 Å². The highest BCUT2D eigenvalue weighted by molar-refractivity contribution is 7.98. The van der Waals surface area contributed by atoms with Gasteiger partial charge >= 0.3 is 0 Å². The first-order valence-corrected chi connectivity index (χ1v) is 10.4. The fraction of sp³-hybridized carbons (Fsp3) is 0.0455. The molecule has 0 radical (unpaired) electrons. The summed E-state index contributed by atoms with van der Waals surface area (Å²) < 4.78 is 6.83. The summed E-state index contributed by atoms with van der Waals surface area (Å²) in [5.74, 6) is 1.54. The molecular formula is C22H14N6OS. The van der Waals surface area contributed by atoms with Gasteiger partial charge in [0.1, 0.15) is 16.9 Å². The molecule has 30 heavy (non-hydrogen) atoms. The Morgan fingerprint density at radius 2 is 1.63 bits per heavy atom. The molecule has 0 saturated carbocycles. The van der Waals surface area contributed by atoms with Gasteiger partial charge in [0.25, 0.3) is 0 Å². The Hall–Kier alpha value is -3.78. The van der Waals surface area contributed by atoms with E-state index in [9.17, 15) is 0 Å². The molecule has 0 N–H and O–H groups in total. The van der Waals surface area contributed by atoms with Gasteiger partial charge < -0.3 is 0 Å². The zero-order valence-corrected chi connectivity index (χ0v) is 16.5. The van der Waals surface area contributed by atoms with Crippen molar-refractivity contribution in [1.29, 1.82) is 0 Å². The molecule has 6 aromatic rings. The number of aromatic nitrogens is 6. The predicted octanol–water partition coefficient (Wildman–Crippen LogP) is 4.77. The van der Waals surface area contributed by atoms with Crippen LogP contribution in [0.15, 0.2) is 82.6 Å². The lowest BCUT2D eigenvalue weighted by molar-refractivity contribution is 0.315. The Morgan fingerprint density at radius 1 is 0.800 bits per heavy atom. The van der Waals surface area contributed by atoms with E-state index in [-0.39, 0.29) is 0 Å². The van der Waals surface area contributed by atoms with E-state index in [1.807, 2.05) is 65.1 Å². The van der Waals surface area contributed by atoms with Crippen LogP contribution in [0.3, 0.4) is 0 Å². The summed E-state index contributed by atoms with van der Waals surface area (Å²) in [6, 6.07) is 24.1. The van der Waals surface area contributed by atoms with Crippen LogP contribution in [0.25, 0.3) is 39.0 Å². The summed E-state index contributed by atoms with van der Waals surface area (Å²) in [5.41, 5.74) is 5.32. The van der Waals surface area contributed by atoms with Crippen LogP contribution < -0.4 is 0 Å². The number of nitrogens with zero attached hydrogens (tertiary/aromatic N) is 6. The van der Waals surface area contributed by atoms with Gasteiger partial charge in [-0.05, 0) is 40.1 Å². The Kier molecular flexibility index (Phi) is 3.95. The zero-order valence-electron chi connectivity index (χ0n) is 15.6. The van der Waals surface area contributed by atoms with Crippen LogP contribution >= 0.6 is 11.8 Å². The van der Waals surface area contributed by atoms with Crippen molar-refractivity contribution in [2.75, 3.05) is 0 Å². The van der Waals surface area contributed by atoms with Gasteiger partial charge in [-0.15, -0.1) is 10.2 Å². The lowest BCUT2D eigenvalue weighted by atomic mass is 10.2. The summed E-state index contributed by atoms with van der Waals surface area (Å²) in [4.78, 5) is 4.93. The van der Waals surface area contributed by atoms with Crippen LogP contribution in [0, 0.1) is 0 Å². The van der Waals surface area contributed by atoms with Gasteiger partial charge in [-0.3, -0.25) is 4.40 Å². The number of hydrogen-bond donors (Lipinski definition) is 0. The molecule has 144 valence electrons. The van der Waals surface area contributed by atoms with E-state index in [2.05, 4.69) is 32.6 Å². The molecule has 0 atom stereocenters. The number of rotatable bonds is 4. The fourth-order valence-electron chi connectivity index (χ4n) is 3.50. The van der Waals surface area contributed by atoms with Gasteiger partial charge in [-0.2, -0.15) is 0 Å². The van der Waals surface area contributed by atoms with Gasteiger partial charge in [-0.25, -0.2) is 9.61 Å². The van der Waals surface area contributed by atoms with Crippen LogP contribution in [-0.4, -0.2) is 29.9 Å². The first-order chi connectivity index (χ1) is 14.9. The minimum atomic E-state index is 0.713. The third-order valence-corrected chi connectivity index (χ3v) is 5.93. The van der Waals surface area contributed by atoms with Crippen LogP contribution in [0.2, 0.25) is 0 Å². The maximum absolute atomic E-state index is 4.93. The molecule has 8 heteroatoms. The van der Waals surface area contributed by atoms with E-state index in [0.29, 0.717) is 5.75 Å². The van der Waals surface area contributed by atoms with Crippen molar-refractivity contribution in [3.63, 3.8) is 0 Å². The highest BCUT2D eigenvalue weighted by Gasteiger charge is 2.16. The summed E-state index contributed by atoms with van der Waals surface area (Å²) >= 11 is 1.61. The van der Waals surface area contributed by atoms with Crippen molar-refractivity contribution in [3.8, 4) is 11.4 Å². The van der Waals surface area contributed by atoms with Gasteiger partial charge in [0.2, 0.25) is 0 Å². The zero-order chi connectivity index (χ0) is 19.9. The minimum absolute atomic E-state index is 0.713. The minimum Gasteiger partial charge on any atom is -0.253 e. The summed E-state index contributed by atoms with van der Waals surface area (Å²) in [6.07, 6.45) is 0. The van der Waals surface area contributed by atoms with Crippen molar-refractivity contribution in [3.05, 3.63) is 78.4 Å². The topological polar surface area (TPSA) is 82.0 Å². The predicted molar refractivity (Wildman–Crippen MR) is 115 cm³/mol. The molecule has 0 saturated heterocycles.